The van der Waals surface area contributed by atoms with Crippen molar-refractivity contribution in [3.8, 4) is 0 Å². The number of benzene rings is 1. The average molecular weight is 414 g/mol. The number of nitrogens with one attached hydrogen (secondary N) is 1. The first-order chi connectivity index (χ1) is 13.5. The molecule has 1 aromatic carbocycles. The van der Waals surface area contributed by atoms with Gasteiger partial charge in [-0.2, -0.15) is 0 Å². The Hall–Kier alpha value is -0.730. The van der Waals surface area contributed by atoms with E-state index in [9.17, 15) is 8.78 Å². The fourth-order valence-electron chi connectivity index (χ4n) is 4.51. The van der Waals surface area contributed by atoms with Gasteiger partial charge in [-0.25, -0.2) is 13.1 Å². The molecule has 3 aliphatic heterocycles. The Morgan fingerprint density at radius 2 is 1.68 bits per heavy atom. The molecule has 4 nitrogen and oxygen atoms in total. The largest absolute Gasteiger partial charge is 0.378 e. The Labute approximate surface area is 172 Å². The molecule has 4 unspecified atom stereocenters. The number of hydrogen-bond donors (Lipinski definition) is 1. The highest BCUT2D eigenvalue weighted by molar-refractivity contribution is 7.97. The van der Waals surface area contributed by atoms with Crippen molar-refractivity contribution in [1.29, 1.82) is 0 Å². The minimum atomic E-state index is -0.411. The highest BCUT2D eigenvalue weighted by atomic mass is 32.2. The molecule has 158 valence electrons. The fraction of sp³-hybridized carbons (Fsp3) is 0.714. The smallest absolute Gasteiger partial charge is 0.123 e. The molecule has 1 aromatic rings. The summed E-state index contributed by atoms with van der Waals surface area (Å²) < 4.78 is 32.3. The summed E-state index contributed by atoms with van der Waals surface area (Å²) in [7, 11) is 2.06. The Morgan fingerprint density at radius 3 is 2.29 bits per heavy atom. The van der Waals surface area contributed by atoms with E-state index in [1.807, 2.05) is 0 Å². The SMILES string of the molecule is CNC1COCC(N2CCC3C2CCN3SC(C)C)C1.Fc1ccc(F)cc1. The van der Waals surface area contributed by atoms with E-state index in [0.717, 1.165) is 49.6 Å². The summed E-state index contributed by atoms with van der Waals surface area (Å²) in [5.74, 6) is -0.821. The predicted octanol–water partition coefficient (Wildman–Crippen LogP) is 3.53. The standard InChI is InChI=1S/C15H29N3OS.C6H4F2/c1-11(2)20-18-7-5-14-15(18)4-6-17(14)13-8-12(16-3)9-19-10-13;7-5-1-2-6(8)4-3-5/h11-16H,4-10H2,1-3H3;1-4H. The van der Waals surface area contributed by atoms with Crippen LogP contribution in [0, 0.1) is 11.6 Å². The number of nitrogens with zero attached hydrogens (tertiary/aromatic N) is 2. The van der Waals surface area contributed by atoms with Crippen molar-refractivity contribution in [3.63, 3.8) is 0 Å². The Balaban J connectivity index is 0.000000236. The lowest BCUT2D eigenvalue weighted by Crippen LogP contribution is -2.51. The van der Waals surface area contributed by atoms with E-state index in [4.69, 9.17) is 4.74 Å². The minimum Gasteiger partial charge on any atom is -0.378 e. The van der Waals surface area contributed by atoms with E-state index in [2.05, 4.69) is 47.4 Å². The van der Waals surface area contributed by atoms with Gasteiger partial charge < -0.3 is 10.1 Å². The molecule has 0 aromatic heterocycles. The molecule has 4 rings (SSSR count). The predicted molar refractivity (Wildman–Crippen MR) is 111 cm³/mol. The van der Waals surface area contributed by atoms with Crippen LogP contribution in [-0.4, -0.2) is 72.0 Å². The molecule has 0 spiro atoms. The van der Waals surface area contributed by atoms with E-state index in [1.165, 1.54) is 32.4 Å². The quantitative estimate of drug-likeness (QED) is 0.763. The maximum Gasteiger partial charge on any atom is 0.123 e. The molecule has 1 N–H and O–H groups in total. The zero-order valence-corrected chi connectivity index (χ0v) is 17.9. The second-order valence-corrected chi connectivity index (χ2v) is 9.72. The van der Waals surface area contributed by atoms with Crippen LogP contribution >= 0.6 is 11.9 Å². The second-order valence-electron chi connectivity index (χ2n) is 8.09. The van der Waals surface area contributed by atoms with Gasteiger partial charge in [0.25, 0.3) is 0 Å². The van der Waals surface area contributed by atoms with Crippen LogP contribution in [0.3, 0.4) is 0 Å². The highest BCUT2D eigenvalue weighted by Crippen LogP contribution is 2.38. The number of halogens is 2. The van der Waals surface area contributed by atoms with Crippen molar-refractivity contribution in [2.75, 3.05) is 33.4 Å². The molecule has 3 aliphatic rings. The van der Waals surface area contributed by atoms with Gasteiger partial charge in [0.1, 0.15) is 11.6 Å². The van der Waals surface area contributed by atoms with Crippen LogP contribution < -0.4 is 5.32 Å². The van der Waals surface area contributed by atoms with E-state index in [0.29, 0.717) is 17.3 Å². The molecule has 3 heterocycles. The van der Waals surface area contributed by atoms with Crippen molar-refractivity contribution < 1.29 is 13.5 Å². The lowest BCUT2D eigenvalue weighted by Gasteiger charge is -2.38. The minimum absolute atomic E-state index is 0.411. The van der Waals surface area contributed by atoms with Crippen molar-refractivity contribution in [2.45, 2.75) is 62.5 Å². The second kappa shape index (κ2) is 10.3. The number of fused-ring (bicyclic) bond motifs is 1. The molecule has 3 saturated heterocycles. The summed E-state index contributed by atoms with van der Waals surface area (Å²) in [4.78, 5) is 2.76. The van der Waals surface area contributed by atoms with Gasteiger partial charge in [-0.15, -0.1) is 0 Å². The molecular weight excluding hydrogens is 380 g/mol. The molecule has 7 heteroatoms. The van der Waals surface area contributed by atoms with Crippen LogP contribution in [0.5, 0.6) is 0 Å². The number of likely N-dealkylation sites (tertiary alicyclic amines) is 1. The van der Waals surface area contributed by atoms with E-state index in [-0.39, 0.29) is 0 Å². The van der Waals surface area contributed by atoms with Gasteiger partial charge in [-0.3, -0.25) is 4.90 Å². The Morgan fingerprint density at radius 1 is 1.04 bits per heavy atom. The number of rotatable bonds is 4. The Kier molecular flexibility index (Phi) is 8.12. The van der Waals surface area contributed by atoms with Gasteiger partial charge in [0.15, 0.2) is 0 Å². The summed E-state index contributed by atoms with van der Waals surface area (Å²) in [6.45, 7) is 8.93. The van der Waals surface area contributed by atoms with E-state index < -0.39 is 11.6 Å². The maximum absolute atomic E-state index is 11.9. The van der Waals surface area contributed by atoms with Gasteiger partial charge in [-0.05, 0) is 50.6 Å². The molecular formula is C21H33F2N3OS. The van der Waals surface area contributed by atoms with Crippen molar-refractivity contribution in [2.24, 2.45) is 0 Å². The lowest BCUT2D eigenvalue weighted by molar-refractivity contribution is -0.00369. The van der Waals surface area contributed by atoms with Crippen LogP contribution in [0.15, 0.2) is 24.3 Å². The molecule has 3 fully saturated rings. The van der Waals surface area contributed by atoms with Crippen LogP contribution in [0.2, 0.25) is 0 Å². The molecule has 28 heavy (non-hydrogen) atoms. The maximum atomic E-state index is 11.9. The van der Waals surface area contributed by atoms with Crippen LogP contribution in [0.25, 0.3) is 0 Å². The third-order valence-corrected chi connectivity index (χ3v) is 6.93. The van der Waals surface area contributed by atoms with E-state index in [1.54, 1.807) is 0 Å². The molecule has 0 amide bonds. The van der Waals surface area contributed by atoms with Crippen molar-refractivity contribution in [1.82, 2.24) is 14.5 Å². The van der Waals surface area contributed by atoms with Gasteiger partial charge in [0.05, 0.1) is 13.2 Å². The average Bonchev–Trinajstić information content (AvgIpc) is 3.27. The first-order valence-corrected chi connectivity index (χ1v) is 11.2. The number of likely N-dealkylation sites (N-methyl/N-ethyl adjacent to an activating group) is 1. The third-order valence-electron chi connectivity index (χ3n) is 5.78. The van der Waals surface area contributed by atoms with Gasteiger partial charge in [0.2, 0.25) is 0 Å². The molecule has 4 atom stereocenters. The van der Waals surface area contributed by atoms with Crippen LogP contribution in [0.1, 0.15) is 33.1 Å². The Bertz CT molecular complexity index is 583. The highest BCUT2D eigenvalue weighted by Gasteiger charge is 2.45. The summed E-state index contributed by atoms with van der Waals surface area (Å²) in [6.07, 6.45) is 3.92. The summed E-state index contributed by atoms with van der Waals surface area (Å²) in [5, 5.41) is 4.09. The lowest BCUT2D eigenvalue weighted by atomic mass is 10.0. The van der Waals surface area contributed by atoms with Crippen LogP contribution in [-0.2, 0) is 4.74 Å². The van der Waals surface area contributed by atoms with Gasteiger partial charge in [-0.1, -0.05) is 25.8 Å². The molecule has 0 aliphatic carbocycles. The number of ether oxygens (including phenoxy) is 1. The van der Waals surface area contributed by atoms with Gasteiger partial charge >= 0.3 is 0 Å². The van der Waals surface area contributed by atoms with Crippen molar-refractivity contribution >= 4 is 11.9 Å². The van der Waals surface area contributed by atoms with E-state index >= 15 is 0 Å². The number of hydrogen-bond acceptors (Lipinski definition) is 5. The molecule has 0 saturated carbocycles. The normalized spacial score (nSPS) is 30.9. The topological polar surface area (TPSA) is 27.7 Å². The van der Waals surface area contributed by atoms with Crippen LogP contribution in [0.4, 0.5) is 8.78 Å². The monoisotopic (exact) mass is 413 g/mol. The van der Waals surface area contributed by atoms with Gasteiger partial charge in [0, 0.05) is 42.5 Å². The van der Waals surface area contributed by atoms with Crippen molar-refractivity contribution in [3.05, 3.63) is 35.9 Å². The third kappa shape index (κ3) is 5.66. The first kappa shape index (κ1) is 22.0. The molecule has 0 radical (unpaired) electrons. The summed E-state index contributed by atoms with van der Waals surface area (Å²) >= 11 is 2.06. The molecule has 0 bridgehead atoms. The zero-order valence-electron chi connectivity index (χ0n) is 17.1. The fourth-order valence-corrected chi connectivity index (χ4v) is 5.66. The zero-order chi connectivity index (χ0) is 20.1. The summed E-state index contributed by atoms with van der Waals surface area (Å²) in [6, 6.07) is 7.02. The first-order valence-electron chi connectivity index (χ1n) is 10.3. The summed E-state index contributed by atoms with van der Waals surface area (Å²) in [5.41, 5.74) is 0.